The molecule has 0 bridgehead atoms. The van der Waals surface area contributed by atoms with Gasteiger partial charge in [0, 0.05) is 5.02 Å². The Bertz CT molecular complexity index is 414. The number of halogens is 1. The van der Waals surface area contributed by atoms with Crippen molar-refractivity contribution in [2.24, 2.45) is 0 Å². The fraction of sp³-hybridized carbons (Fsp3) is 0. The van der Waals surface area contributed by atoms with Crippen molar-refractivity contribution >= 4 is 11.6 Å². The number of aromatic nitrogens is 4. The van der Waals surface area contributed by atoms with Crippen LogP contribution >= 0.6 is 11.6 Å². The fourth-order valence-electron chi connectivity index (χ4n) is 0.952. The Morgan fingerprint density at radius 2 is 2.23 bits per heavy atom. The molecule has 6 heteroatoms. The minimum atomic E-state index is 0.0803. The zero-order valence-corrected chi connectivity index (χ0v) is 7.18. The molecule has 2 rings (SSSR count). The van der Waals surface area contributed by atoms with Gasteiger partial charge in [0.1, 0.15) is 17.8 Å². The van der Waals surface area contributed by atoms with Crippen LogP contribution in [0.4, 0.5) is 0 Å². The summed E-state index contributed by atoms with van der Waals surface area (Å²) < 4.78 is 1.33. The third-order valence-electron chi connectivity index (χ3n) is 1.53. The molecular weight excluding hydrogens is 192 g/mol. The zero-order valence-electron chi connectivity index (χ0n) is 6.42. The topological polar surface area (TPSA) is 63.8 Å². The second kappa shape index (κ2) is 3.02. The van der Waals surface area contributed by atoms with Gasteiger partial charge in [-0.15, -0.1) is 5.10 Å². The van der Waals surface area contributed by atoms with E-state index in [1.54, 1.807) is 12.1 Å². The van der Waals surface area contributed by atoms with Crippen molar-refractivity contribution in [1.82, 2.24) is 20.2 Å². The van der Waals surface area contributed by atoms with Gasteiger partial charge < -0.3 is 5.11 Å². The molecule has 0 radical (unpaired) electrons. The van der Waals surface area contributed by atoms with Crippen LogP contribution in [0.15, 0.2) is 24.5 Å². The van der Waals surface area contributed by atoms with Gasteiger partial charge >= 0.3 is 0 Å². The van der Waals surface area contributed by atoms with Gasteiger partial charge in [-0.05, 0) is 28.6 Å². The number of hydrogen-bond donors (Lipinski definition) is 1. The third-order valence-corrected chi connectivity index (χ3v) is 1.77. The van der Waals surface area contributed by atoms with E-state index in [9.17, 15) is 5.11 Å². The third kappa shape index (κ3) is 1.46. The maximum Gasteiger partial charge on any atom is 0.144 e. The molecule has 0 atom stereocenters. The van der Waals surface area contributed by atoms with E-state index in [4.69, 9.17) is 11.6 Å². The van der Waals surface area contributed by atoms with Crippen LogP contribution in [0.1, 0.15) is 0 Å². The van der Waals surface area contributed by atoms with Crippen LogP contribution in [0, 0.1) is 0 Å². The summed E-state index contributed by atoms with van der Waals surface area (Å²) >= 11 is 5.74. The molecule has 0 unspecified atom stereocenters. The maximum atomic E-state index is 9.43. The van der Waals surface area contributed by atoms with Crippen molar-refractivity contribution in [1.29, 1.82) is 0 Å². The Labute approximate surface area is 78.6 Å². The van der Waals surface area contributed by atoms with Crippen molar-refractivity contribution in [3.05, 3.63) is 29.5 Å². The van der Waals surface area contributed by atoms with E-state index in [1.807, 2.05) is 0 Å². The maximum absolute atomic E-state index is 9.43. The number of aromatic hydroxyl groups is 1. The summed E-state index contributed by atoms with van der Waals surface area (Å²) in [5.41, 5.74) is 0.456. The summed E-state index contributed by atoms with van der Waals surface area (Å²) in [5, 5.41) is 20.5. The van der Waals surface area contributed by atoms with Gasteiger partial charge in [0.15, 0.2) is 0 Å². The van der Waals surface area contributed by atoms with Crippen LogP contribution in [0.3, 0.4) is 0 Å². The van der Waals surface area contributed by atoms with Crippen LogP contribution in [0.5, 0.6) is 5.75 Å². The van der Waals surface area contributed by atoms with Crippen LogP contribution in [-0.2, 0) is 0 Å². The lowest BCUT2D eigenvalue weighted by atomic mass is 10.3. The second-order valence-electron chi connectivity index (χ2n) is 2.39. The monoisotopic (exact) mass is 196 g/mol. The number of rotatable bonds is 1. The molecule has 2 aromatic rings. The van der Waals surface area contributed by atoms with Crippen molar-refractivity contribution in [2.75, 3.05) is 0 Å². The number of nitrogens with zero attached hydrogens (tertiary/aromatic N) is 4. The van der Waals surface area contributed by atoms with Gasteiger partial charge in [0.25, 0.3) is 0 Å². The highest BCUT2D eigenvalue weighted by Crippen LogP contribution is 2.23. The summed E-state index contributed by atoms with van der Waals surface area (Å²) in [4.78, 5) is 0. The van der Waals surface area contributed by atoms with Gasteiger partial charge in [0.2, 0.25) is 0 Å². The Kier molecular flexibility index (Phi) is 1.86. The largest absolute Gasteiger partial charge is 0.506 e. The molecular formula is C7H5ClN4O. The molecule has 0 saturated carbocycles. The molecule has 0 spiro atoms. The molecule has 1 heterocycles. The Balaban J connectivity index is 2.57. The molecule has 1 aromatic heterocycles. The number of phenols is 1. The van der Waals surface area contributed by atoms with Crippen molar-refractivity contribution in [3.8, 4) is 11.4 Å². The molecule has 66 valence electrons. The molecule has 0 saturated heterocycles. The first-order valence-corrected chi connectivity index (χ1v) is 3.87. The van der Waals surface area contributed by atoms with Gasteiger partial charge in [-0.2, -0.15) is 4.68 Å². The summed E-state index contributed by atoms with van der Waals surface area (Å²) in [5.74, 6) is 0.0803. The van der Waals surface area contributed by atoms with Crippen LogP contribution in [0.2, 0.25) is 5.02 Å². The van der Waals surface area contributed by atoms with Crippen LogP contribution < -0.4 is 0 Å². The fourth-order valence-corrected chi connectivity index (χ4v) is 1.12. The number of phenolic OH excluding ortho intramolecular Hbond substituents is 1. The quantitative estimate of drug-likeness (QED) is 0.740. The zero-order chi connectivity index (χ0) is 9.26. The molecule has 1 N–H and O–H groups in total. The first-order chi connectivity index (χ1) is 6.27. The lowest BCUT2D eigenvalue weighted by Gasteiger charge is -2.02. The van der Waals surface area contributed by atoms with Crippen molar-refractivity contribution in [2.45, 2.75) is 0 Å². The average Bonchev–Trinajstić information content (AvgIpc) is 2.61. The first-order valence-electron chi connectivity index (χ1n) is 3.49. The summed E-state index contributed by atoms with van der Waals surface area (Å²) in [6.07, 6.45) is 1.38. The summed E-state index contributed by atoms with van der Waals surface area (Å²) in [6.45, 7) is 0. The van der Waals surface area contributed by atoms with Crippen LogP contribution in [0.25, 0.3) is 5.69 Å². The Hall–Kier alpha value is -1.62. The van der Waals surface area contributed by atoms with E-state index >= 15 is 0 Å². The average molecular weight is 197 g/mol. The predicted octanol–water partition coefficient (Wildman–Crippen LogP) is 1.02. The van der Waals surface area contributed by atoms with Gasteiger partial charge in [-0.25, -0.2) is 0 Å². The van der Waals surface area contributed by atoms with E-state index in [0.29, 0.717) is 10.7 Å². The standard InChI is InChI=1S/C7H5ClN4O/c8-5-1-2-7(13)6(3-5)12-4-9-10-11-12/h1-4,13H. The van der Waals surface area contributed by atoms with Gasteiger partial charge in [-0.3, -0.25) is 0 Å². The normalized spacial score (nSPS) is 10.2. The Morgan fingerprint density at radius 3 is 2.92 bits per heavy atom. The SMILES string of the molecule is Oc1ccc(Cl)cc1-n1cnnn1. The second-order valence-corrected chi connectivity index (χ2v) is 2.82. The van der Waals surface area contributed by atoms with Crippen molar-refractivity contribution < 1.29 is 5.11 Å². The molecule has 0 fully saturated rings. The van der Waals surface area contributed by atoms with Crippen LogP contribution in [-0.4, -0.2) is 25.3 Å². The molecule has 0 aliphatic carbocycles. The first kappa shape index (κ1) is 8.00. The van der Waals surface area contributed by atoms with E-state index in [2.05, 4.69) is 15.5 Å². The summed E-state index contributed by atoms with van der Waals surface area (Å²) in [7, 11) is 0. The molecule has 0 aliphatic heterocycles. The molecule has 13 heavy (non-hydrogen) atoms. The molecule has 1 aromatic carbocycles. The van der Waals surface area contributed by atoms with E-state index in [0.717, 1.165) is 0 Å². The highest BCUT2D eigenvalue weighted by molar-refractivity contribution is 6.30. The lowest BCUT2D eigenvalue weighted by Crippen LogP contribution is -1.95. The molecule has 0 amide bonds. The number of benzene rings is 1. The lowest BCUT2D eigenvalue weighted by molar-refractivity contribution is 0.470. The highest BCUT2D eigenvalue weighted by atomic mass is 35.5. The van der Waals surface area contributed by atoms with E-state index < -0.39 is 0 Å². The Morgan fingerprint density at radius 1 is 1.38 bits per heavy atom. The van der Waals surface area contributed by atoms with E-state index in [-0.39, 0.29) is 5.75 Å². The highest BCUT2D eigenvalue weighted by Gasteiger charge is 2.04. The van der Waals surface area contributed by atoms with E-state index in [1.165, 1.54) is 17.1 Å². The minimum Gasteiger partial charge on any atom is -0.506 e. The minimum absolute atomic E-state index is 0.0803. The smallest absolute Gasteiger partial charge is 0.144 e. The summed E-state index contributed by atoms with van der Waals surface area (Å²) in [6, 6.07) is 4.65. The number of tetrazole rings is 1. The van der Waals surface area contributed by atoms with Gasteiger partial charge in [0.05, 0.1) is 0 Å². The predicted molar refractivity (Wildman–Crippen MR) is 45.8 cm³/mol. The molecule has 5 nitrogen and oxygen atoms in total. The van der Waals surface area contributed by atoms with Gasteiger partial charge in [-0.1, -0.05) is 11.6 Å². The number of hydrogen-bond acceptors (Lipinski definition) is 4. The van der Waals surface area contributed by atoms with Crippen molar-refractivity contribution in [3.63, 3.8) is 0 Å². The molecule has 0 aliphatic rings.